The number of thiazole rings is 1. The number of hydrogen-bond acceptors (Lipinski definition) is 6. The number of methoxy groups -OCH3 is 1. The van der Waals surface area contributed by atoms with E-state index >= 15 is 0 Å². The highest BCUT2D eigenvalue weighted by Crippen LogP contribution is 2.17. The molecule has 0 bridgehead atoms. The van der Waals surface area contributed by atoms with Crippen LogP contribution < -0.4 is 4.74 Å². The van der Waals surface area contributed by atoms with Crippen molar-refractivity contribution in [3.05, 3.63) is 81.3 Å². The van der Waals surface area contributed by atoms with Gasteiger partial charge in [0, 0.05) is 24.5 Å². The molecule has 0 saturated carbocycles. The number of ether oxygens (including phenoxy) is 2. The lowest BCUT2D eigenvalue weighted by Gasteiger charge is -2.18. The topological polar surface area (TPSA) is 68.7 Å². The first-order valence-electron chi connectivity index (χ1n) is 9.03. The Morgan fingerprint density at radius 3 is 2.28 bits per heavy atom. The number of carbonyl (C=O) groups excluding carboxylic acids is 2. The van der Waals surface area contributed by atoms with Crippen LogP contribution in [0.25, 0.3) is 0 Å². The summed E-state index contributed by atoms with van der Waals surface area (Å²) in [7, 11) is 3.09. The van der Waals surface area contributed by atoms with Gasteiger partial charge < -0.3 is 14.4 Å². The molecule has 1 heterocycles. The monoisotopic (exact) mass is 410 g/mol. The predicted octanol–water partition coefficient (Wildman–Crippen LogP) is 4.09. The smallest absolute Gasteiger partial charge is 0.337 e. The largest absolute Gasteiger partial charge is 0.487 e. The maximum Gasteiger partial charge on any atom is 0.337 e. The summed E-state index contributed by atoms with van der Waals surface area (Å²) >= 11 is 1.59. The van der Waals surface area contributed by atoms with Gasteiger partial charge in [-0.2, -0.15) is 0 Å². The lowest BCUT2D eigenvalue weighted by Crippen LogP contribution is -2.26. The summed E-state index contributed by atoms with van der Waals surface area (Å²) in [5.74, 6) is 0.213. The number of aryl methyl sites for hydroxylation is 1. The van der Waals surface area contributed by atoms with Gasteiger partial charge in [-0.25, -0.2) is 9.78 Å². The van der Waals surface area contributed by atoms with Gasteiger partial charge in [-0.15, -0.1) is 11.3 Å². The second kappa shape index (κ2) is 9.34. The molecule has 3 aromatic rings. The van der Waals surface area contributed by atoms with Crippen LogP contribution in [-0.4, -0.2) is 35.9 Å². The van der Waals surface area contributed by atoms with Crippen LogP contribution in [0.3, 0.4) is 0 Å². The summed E-state index contributed by atoms with van der Waals surface area (Å²) in [6.45, 7) is 2.79. The molecule has 1 amide bonds. The van der Waals surface area contributed by atoms with E-state index in [0.29, 0.717) is 30.0 Å². The van der Waals surface area contributed by atoms with Gasteiger partial charge in [0.2, 0.25) is 0 Å². The summed E-state index contributed by atoms with van der Waals surface area (Å²) < 4.78 is 10.4. The maximum atomic E-state index is 12.7. The number of nitrogens with zero attached hydrogens (tertiary/aromatic N) is 2. The number of rotatable bonds is 7. The second-order valence-electron chi connectivity index (χ2n) is 6.52. The maximum absolute atomic E-state index is 12.7. The molecule has 0 atom stereocenters. The number of hydrogen-bond donors (Lipinski definition) is 0. The Morgan fingerprint density at radius 1 is 1.03 bits per heavy atom. The molecule has 2 aromatic carbocycles. The molecular formula is C22H22N2O4S. The Hall–Kier alpha value is -3.19. The quantitative estimate of drug-likeness (QED) is 0.549. The summed E-state index contributed by atoms with van der Waals surface area (Å²) in [5, 5.41) is 2.98. The molecule has 7 heteroatoms. The van der Waals surface area contributed by atoms with Crippen molar-refractivity contribution in [3.8, 4) is 5.75 Å². The zero-order chi connectivity index (χ0) is 20.8. The second-order valence-corrected chi connectivity index (χ2v) is 7.58. The molecule has 0 saturated heterocycles. The highest BCUT2D eigenvalue weighted by Gasteiger charge is 2.13. The SMILES string of the molecule is COC(=O)c1ccc(CN(C)C(=O)c2ccc(OCc3csc(C)n3)cc2)cc1. The van der Waals surface area contributed by atoms with E-state index in [1.807, 2.05) is 24.4 Å². The zero-order valence-electron chi connectivity index (χ0n) is 16.5. The fraction of sp³-hybridized carbons (Fsp3) is 0.227. The van der Waals surface area contributed by atoms with Crippen molar-refractivity contribution in [3.63, 3.8) is 0 Å². The average Bonchev–Trinajstić information content (AvgIpc) is 3.17. The van der Waals surface area contributed by atoms with Crippen LogP contribution in [0.5, 0.6) is 5.75 Å². The van der Waals surface area contributed by atoms with Crippen molar-refractivity contribution >= 4 is 23.2 Å². The fourth-order valence-corrected chi connectivity index (χ4v) is 3.35. The van der Waals surface area contributed by atoms with Gasteiger partial charge in [0.1, 0.15) is 12.4 Å². The van der Waals surface area contributed by atoms with Crippen molar-refractivity contribution in [2.24, 2.45) is 0 Å². The minimum Gasteiger partial charge on any atom is -0.487 e. The molecule has 6 nitrogen and oxygen atoms in total. The number of carbonyl (C=O) groups is 2. The van der Waals surface area contributed by atoms with Gasteiger partial charge in [0.25, 0.3) is 5.91 Å². The third-order valence-electron chi connectivity index (χ3n) is 4.30. The normalized spacial score (nSPS) is 10.4. The number of amides is 1. The van der Waals surface area contributed by atoms with E-state index in [0.717, 1.165) is 16.3 Å². The number of benzene rings is 2. The Balaban J connectivity index is 1.56. The average molecular weight is 410 g/mol. The molecule has 0 N–H and O–H groups in total. The molecule has 29 heavy (non-hydrogen) atoms. The van der Waals surface area contributed by atoms with E-state index in [4.69, 9.17) is 4.74 Å². The molecule has 0 unspecified atom stereocenters. The van der Waals surface area contributed by atoms with Crippen molar-refractivity contribution in [1.29, 1.82) is 0 Å². The molecule has 0 spiro atoms. The molecule has 150 valence electrons. The Morgan fingerprint density at radius 2 is 1.69 bits per heavy atom. The van der Waals surface area contributed by atoms with Crippen LogP contribution >= 0.6 is 11.3 Å². The van der Waals surface area contributed by atoms with E-state index in [1.165, 1.54) is 7.11 Å². The highest BCUT2D eigenvalue weighted by molar-refractivity contribution is 7.09. The van der Waals surface area contributed by atoms with Gasteiger partial charge in [0.05, 0.1) is 23.4 Å². The van der Waals surface area contributed by atoms with Crippen LogP contribution in [0, 0.1) is 6.92 Å². The van der Waals surface area contributed by atoms with Crippen LogP contribution in [0.15, 0.2) is 53.9 Å². The highest BCUT2D eigenvalue weighted by atomic mass is 32.1. The number of aromatic nitrogens is 1. The molecule has 0 fully saturated rings. The van der Waals surface area contributed by atoms with Gasteiger partial charge in [-0.1, -0.05) is 12.1 Å². The Kier molecular flexibility index (Phi) is 6.61. The van der Waals surface area contributed by atoms with Crippen molar-refractivity contribution in [2.45, 2.75) is 20.1 Å². The molecule has 0 aliphatic carbocycles. The van der Waals surface area contributed by atoms with Crippen molar-refractivity contribution < 1.29 is 19.1 Å². The Bertz CT molecular complexity index is 981. The third kappa shape index (κ3) is 5.42. The molecule has 0 aliphatic rings. The molecule has 0 aliphatic heterocycles. The molecular weight excluding hydrogens is 388 g/mol. The first-order valence-corrected chi connectivity index (χ1v) is 9.91. The lowest BCUT2D eigenvalue weighted by molar-refractivity contribution is 0.0600. The van der Waals surface area contributed by atoms with Gasteiger partial charge in [-0.05, 0) is 48.9 Å². The first kappa shape index (κ1) is 20.5. The van der Waals surface area contributed by atoms with Crippen molar-refractivity contribution in [1.82, 2.24) is 9.88 Å². The number of esters is 1. The van der Waals surface area contributed by atoms with Gasteiger partial charge >= 0.3 is 5.97 Å². The minimum atomic E-state index is -0.381. The summed E-state index contributed by atoms with van der Waals surface area (Å²) in [4.78, 5) is 30.1. The third-order valence-corrected chi connectivity index (χ3v) is 5.12. The lowest BCUT2D eigenvalue weighted by atomic mass is 10.1. The summed E-state index contributed by atoms with van der Waals surface area (Å²) in [6.07, 6.45) is 0. The van der Waals surface area contributed by atoms with Crippen LogP contribution in [-0.2, 0) is 17.9 Å². The first-order chi connectivity index (χ1) is 14.0. The van der Waals surface area contributed by atoms with E-state index in [9.17, 15) is 9.59 Å². The molecule has 1 aromatic heterocycles. The zero-order valence-corrected chi connectivity index (χ0v) is 17.4. The van der Waals surface area contributed by atoms with Gasteiger partial charge in [0.15, 0.2) is 0 Å². The molecule has 0 radical (unpaired) electrons. The van der Waals surface area contributed by atoms with Crippen LogP contribution in [0.2, 0.25) is 0 Å². The standard InChI is InChI=1S/C22H22N2O4S/c1-15-23-19(14-29-15)13-28-20-10-8-17(9-11-20)21(25)24(2)12-16-4-6-18(7-5-16)22(26)27-3/h4-11,14H,12-13H2,1-3H3. The van der Waals surface area contributed by atoms with Crippen molar-refractivity contribution in [2.75, 3.05) is 14.2 Å². The van der Waals surface area contributed by atoms with E-state index in [-0.39, 0.29) is 11.9 Å². The van der Waals surface area contributed by atoms with E-state index < -0.39 is 0 Å². The summed E-state index contributed by atoms with van der Waals surface area (Å²) in [6, 6.07) is 14.1. The Labute approximate surface area is 173 Å². The predicted molar refractivity (Wildman–Crippen MR) is 111 cm³/mol. The fourth-order valence-electron chi connectivity index (χ4n) is 2.76. The summed E-state index contributed by atoms with van der Waals surface area (Å²) in [5.41, 5.74) is 2.88. The van der Waals surface area contributed by atoms with E-state index in [2.05, 4.69) is 9.72 Å². The van der Waals surface area contributed by atoms with Crippen LogP contribution in [0.1, 0.15) is 37.0 Å². The molecule has 3 rings (SSSR count). The van der Waals surface area contributed by atoms with Crippen LogP contribution in [0.4, 0.5) is 0 Å². The minimum absolute atomic E-state index is 0.0938. The van der Waals surface area contributed by atoms with Gasteiger partial charge in [-0.3, -0.25) is 4.79 Å². The van der Waals surface area contributed by atoms with E-state index in [1.54, 1.807) is 59.7 Å².